The molecular formula is C11H9ClOS. The first-order chi connectivity index (χ1) is 6.81. The number of aliphatic hydroxyl groups is 1. The Kier molecular flexibility index (Phi) is 2.87. The van der Waals surface area contributed by atoms with Crippen LogP contribution in [0.5, 0.6) is 0 Å². The van der Waals surface area contributed by atoms with Crippen LogP contribution in [-0.4, -0.2) is 5.11 Å². The SMILES string of the molecule is OCc1sccc1-c1ccc(Cl)cc1. The van der Waals surface area contributed by atoms with Gasteiger partial charge in [-0.2, -0.15) is 0 Å². The summed E-state index contributed by atoms with van der Waals surface area (Å²) in [7, 11) is 0. The highest BCUT2D eigenvalue weighted by Crippen LogP contribution is 2.28. The van der Waals surface area contributed by atoms with Crippen molar-refractivity contribution in [3.63, 3.8) is 0 Å². The molecule has 0 unspecified atom stereocenters. The average molecular weight is 225 g/mol. The first-order valence-corrected chi connectivity index (χ1v) is 5.50. The summed E-state index contributed by atoms with van der Waals surface area (Å²) in [5.74, 6) is 0. The van der Waals surface area contributed by atoms with E-state index in [1.54, 1.807) is 11.3 Å². The molecule has 0 atom stereocenters. The molecule has 1 nitrogen and oxygen atoms in total. The minimum absolute atomic E-state index is 0.0929. The van der Waals surface area contributed by atoms with E-state index in [2.05, 4.69) is 0 Å². The Morgan fingerprint density at radius 1 is 1.14 bits per heavy atom. The van der Waals surface area contributed by atoms with Gasteiger partial charge >= 0.3 is 0 Å². The number of hydrogen-bond acceptors (Lipinski definition) is 2. The topological polar surface area (TPSA) is 20.2 Å². The van der Waals surface area contributed by atoms with Crippen LogP contribution >= 0.6 is 22.9 Å². The Balaban J connectivity index is 2.44. The molecule has 1 aromatic heterocycles. The standard InChI is InChI=1S/C11H9ClOS/c12-9-3-1-8(2-4-9)10-5-6-14-11(10)7-13/h1-6,13H,7H2. The maximum absolute atomic E-state index is 9.11. The van der Waals surface area contributed by atoms with Crippen LogP contribution in [0.4, 0.5) is 0 Å². The molecule has 72 valence electrons. The number of benzene rings is 1. The quantitative estimate of drug-likeness (QED) is 0.827. The lowest BCUT2D eigenvalue weighted by Gasteiger charge is -2.01. The van der Waals surface area contributed by atoms with Gasteiger partial charge in [0.2, 0.25) is 0 Å². The summed E-state index contributed by atoms with van der Waals surface area (Å²) in [5, 5.41) is 11.8. The van der Waals surface area contributed by atoms with E-state index in [4.69, 9.17) is 16.7 Å². The second kappa shape index (κ2) is 4.13. The molecule has 0 aliphatic heterocycles. The van der Waals surface area contributed by atoms with E-state index < -0.39 is 0 Å². The summed E-state index contributed by atoms with van der Waals surface area (Å²) in [4.78, 5) is 0.993. The molecule has 2 rings (SSSR count). The second-order valence-electron chi connectivity index (χ2n) is 2.92. The molecule has 0 radical (unpaired) electrons. The highest BCUT2D eigenvalue weighted by Gasteiger charge is 2.04. The third-order valence-corrected chi connectivity index (χ3v) is 3.20. The van der Waals surface area contributed by atoms with E-state index in [0.717, 1.165) is 21.0 Å². The maximum Gasteiger partial charge on any atom is 0.0780 e. The van der Waals surface area contributed by atoms with Crippen molar-refractivity contribution in [2.45, 2.75) is 6.61 Å². The Labute approximate surface area is 91.6 Å². The lowest BCUT2D eigenvalue weighted by Crippen LogP contribution is -1.81. The summed E-state index contributed by atoms with van der Waals surface area (Å²) in [6, 6.07) is 9.65. The average Bonchev–Trinajstić information content (AvgIpc) is 2.67. The molecule has 1 heterocycles. The molecule has 0 saturated carbocycles. The lowest BCUT2D eigenvalue weighted by molar-refractivity contribution is 0.286. The van der Waals surface area contributed by atoms with Crippen LogP contribution in [0.15, 0.2) is 35.7 Å². The monoisotopic (exact) mass is 224 g/mol. The molecule has 2 aromatic rings. The number of aliphatic hydroxyl groups excluding tert-OH is 1. The fourth-order valence-corrected chi connectivity index (χ4v) is 2.23. The predicted octanol–water partition coefficient (Wildman–Crippen LogP) is 3.56. The van der Waals surface area contributed by atoms with Crippen LogP contribution in [0.3, 0.4) is 0 Å². The highest BCUT2D eigenvalue weighted by atomic mass is 35.5. The Morgan fingerprint density at radius 3 is 2.50 bits per heavy atom. The summed E-state index contributed by atoms with van der Waals surface area (Å²) < 4.78 is 0. The largest absolute Gasteiger partial charge is 0.391 e. The summed E-state index contributed by atoms with van der Waals surface area (Å²) >= 11 is 7.37. The molecule has 0 spiro atoms. The van der Waals surface area contributed by atoms with E-state index >= 15 is 0 Å². The van der Waals surface area contributed by atoms with Crippen molar-refractivity contribution in [2.75, 3.05) is 0 Å². The molecule has 1 N–H and O–H groups in total. The van der Waals surface area contributed by atoms with Gasteiger partial charge in [0.1, 0.15) is 0 Å². The maximum atomic E-state index is 9.11. The fraction of sp³-hybridized carbons (Fsp3) is 0.0909. The van der Waals surface area contributed by atoms with Gasteiger partial charge in [0.25, 0.3) is 0 Å². The number of thiophene rings is 1. The zero-order valence-corrected chi connectivity index (χ0v) is 8.98. The van der Waals surface area contributed by atoms with E-state index in [0.29, 0.717) is 0 Å². The molecule has 0 bridgehead atoms. The first-order valence-electron chi connectivity index (χ1n) is 4.24. The minimum Gasteiger partial charge on any atom is -0.391 e. The molecule has 0 aliphatic carbocycles. The van der Waals surface area contributed by atoms with Gasteiger partial charge in [-0.3, -0.25) is 0 Å². The van der Waals surface area contributed by atoms with Crippen LogP contribution < -0.4 is 0 Å². The lowest BCUT2D eigenvalue weighted by atomic mass is 10.1. The van der Waals surface area contributed by atoms with Crippen LogP contribution in [-0.2, 0) is 6.61 Å². The van der Waals surface area contributed by atoms with Crippen molar-refractivity contribution in [1.82, 2.24) is 0 Å². The number of rotatable bonds is 2. The molecule has 0 fully saturated rings. The third kappa shape index (κ3) is 1.82. The molecule has 0 amide bonds. The van der Waals surface area contributed by atoms with E-state index in [1.807, 2.05) is 35.7 Å². The van der Waals surface area contributed by atoms with Gasteiger partial charge in [-0.25, -0.2) is 0 Å². The van der Waals surface area contributed by atoms with Crippen molar-refractivity contribution in [3.05, 3.63) is 45.6 Å². The minimum atomic E-state index is 0.0929. The Morgan fingerprint density at radius 2 is 1.86 bits per heavy atom. The van der Waals surface area contributed by atoms with Gasteiger partial charge in [0.05, 0.1) is 6.61 Å². The van der Waals surface area contributed by atoms with Crippen molar-refractivity contribution < 1.29 is 5.11 Å². The van der Waals surface area contributed by atoms with Crippen molar-refractivity contribution in [2.24, 2.45) is 0 Å². The number of hydrogen-bond donors (Lipinski definition) is 1. The molecule has 14 heavy (non-hydrogen) atoms. The fourth-order valence-electron chi connectivity index (χ4n) is 1.35. The van der Waals surface area contributed by atoms with Gasteiger partial charge in [0, 0.05) is 9.90 Å². The van der Waals surface area contributed by atoms with Gasteiger partial charge in [-0.05, 0) is 34.7 Å². The van der Waals surface area contributed by atoms with Crippen molar-refractivity contribution in [1.29, 1.82) is 0 Å². The predicted molar refractivity (Wildman–Crippen MR) is 60.7 cm³/mol. The second-order valence-corrected chi connectivity index (χ2v) is 4.36. The van der Waals surface area contributed by atoms with Crippen LogP contribution in [0.1, 0.15) is 4.88 Å². The molecule has 0 aliphatic rings. The van der Waals surface area contributed by atoms with Crippen molar-refractivity contribution >= 4 is 22.9 Å². The van der Waals surface area contributed by atoms with E-state index in [-0.39, 0.29) is 6.61 Å². The van der Waals surface area contributed by atoms with Crippen LogP contribution in [0.25, 0.3) is 11.1 Å². The van der Waals surface area contributed by atoms with Crippen LogP contribution in [0, 0.1) is 0 Å². The molecule has 1 aromatic carbocycles. The van der Waals surface area contributed by atoms with Crippen molar-refractivity contribution in [3.8, 4) is 11.1 Å². The van der Waals surface area contributed by atoms with Gasteiger partial charge in [-0.15, -0.1) is 11.3 Å². The third-order valence-electron chi connectivity index (χ3n) is 2.04. The zero-order valence-electron chi connectivity index (χ0n) is 7.40. The molecule has 3 heteroatoms. The van der Waals surface area contributed by atoms with E-state index in [1.165, 1.54) is 0 Å². The summed E-state index contributed by atoms with van der Waals surface area (Å²) in [6.45, 7) is 0.0929. The molecular weight excluding hydrogens is 216 g/mol. The summed E-state index contributed by atoms with van der Waals surface area (Å²) in [5.41, 5.74) is 2.19. The normalized spacial score (nSPS) is 10.4. The van der Waals surface area contributed by atoms with E-state index in [9.17, 15) is 0 Å². The smallest absolute Gasteiger partial charge is 0.0780 e. The zero-order chi connectivity index (χ0) is 9.97. The van der Waals surface area contributed by atoms with Gasteiger partial charge in [0.15, 0.2) is 0 Å². The van der Waals surface area contributed by atoms with Crippen LogP contribution in [0.2, 0.25) is 5.02 Å². The molecule has 0 saturated heterocycles. The Bertz CT molecular complexity index is 419. The van der Waals surface area contributed by atoms with Gasteiger partial charge < -0.3 is 5.11 Å². The number of halogens is 1. The first kappa shape index (κ1) is 9.71. The Hall–Kier alpha value is -0.830. The highest BCUT2D eigenvalue weighted by molar-refractivity contribution is 7.10. The summed E-state index contributed by atoms with van der Waals surface area (Å²) in [6.07, 6.45) is 0. The van der Waals surface area contributed by atoms with Gasteiger partial charge in [-0.1, -0.05) is 23.7 Å².